The van der Waals surface area contributed by atoms with Crippen molar-refractivity contribution in [2.24, 2.45) is 0 Å². The van der Waals surface area contributed by atoms with Gasteiger partial charge in [0, 0.05) is 7.05 Å². The third-order valence-corrected chi connectivity index (χ3v) is 8.45. The van der Waals surface area contributed by atoms with Crippen molar-refractivity contribution in [1.29, 1.82) is 0 Å². The van der Waals surface area contributed by atoms with Crippen molar-refractivity contribution < 1.29 is 13.2 Å². The van der Waals surface area contributed by atoms with E-state index in [9.17, 15) is 13.2 Å². The van der Waals surface area contributed by atoms with Crippen molar-refractivity contribution in [2.75, 3.05) is 18.5 Å². The Kier molecular flexibility index (Phi) is 6.34. The van der Waals surface area contributed by atoms with Crippen LogP contribution in [0.25, 0.3) is 10.2 Å². The first kappa shape index (κ1) is 23.1. The lowest BCUT2D eigenvalue weighted by Crippen LogP contribution is -2.39. The van der Waals surface area contributed by atoms with Crippen molar-refractivity contribution in [1.82, 2.24) is 9.29 Å². The number of carbonyl (C=O) groups excluding carboxylic acids is 1. The molecule has 0 fully saturated rings. The van der Waals surface area contributed by atoms with E-state index in [0.29, 0.717) is 10.8 Å². The van der Waals surface area contributed by atoms with E-state index in [-0.39, 0.29) is 17.3 Å². The van der Waals surface area contributed by atoms with Crippen molar-refractivity contribution in [3.63, 3.8) is 0 Å². The quantitative estimate of drug-likeness (QED) is 0.381. The molecule has 0 aliphatic carbocycles. The fraction of sp³-hybridized carbons (Fsp3) is 0.200. The van der Waals surface area contributed by atoms with Gasteiger partial charge in [-0.25, -0.2) is 13.4 Å². The van der Waals surface area contributed by atoms with E-state index in [0.717, 1.165) is 31.2 Å². The summed E-state index contributed by atoms with van der Waals surface area (Å²) in [5, 5.41) is 0.507. The molecular weight excluding hydrogens is 454 g/mol. The van der Waals surface area contributed by atoms with Crippen LogP contribution in [-0.2, 0) is 14.8 Å². The van der Waals surface area contributed by atoms with Gasteiger partial charge in [0.05, 0.1) is 27.3 Å². The van der Waals surface area contributed by atoms with E-state index < -0.39 is 10.0 Å². The maximum absolute atomic E-state index is 13.6. The average molecular weight is 480 g/mol. The summed E-state index contributed by atoms with van der Waals surface area (Å²) in [6.07, 6.45) is 0. The van der Waals surface area contributed by atoms with Crippen molar-refractivity contribution >= 4 is 48.3 Å². The number of likely N-dealkylation sites (N-methyl/N-ethyl adjacent to an activating group) is 1. The van der Waals surface area contributed by atoms with Gasteiger partial charge in [-0.15, -0.1) is 0 Å². The highest BCUT2D eigenvalue weighted by atomic mass is 32.2. The van der Waals surface area contributed by atoms with E-state index in [1.165, 1.54) is 23.3 Å². The number of anilines is 2. The molecule has 0 spiro atoms. The zero-order valence-corrected chi connectivity index (χ0v) is 20.6. The first-order valence-corrected chi connectivity index (χ1v) is 12.7. The molecule has 3 aromatic carbocycles. The number of hydrogen-bond donors (Lipinski definition) is 0. The van der Waals surface area contributed by atoms with Gasteiger partial charge in [-0.05, 0) is 67.8 Å². The topological polar surface area (TPSA) is 70.6 Å². The Balaban J connectivity index is 1.71. The molecule has 1 aromatic heterocycles. The second kappa shape index (κ2) is 9.05. The summed E-state index contributed by atoms with van der Waals surface area (Å²) >= 11 is 1.40. The molecule has 6 nitrogen and oxygen atoms in total. The van der Waals surface area contributed by atoms with Crippen LogP contribution < -0.4 is 4.90 Å². The SMILES string of the molecule is Cc1ccc(S(=O)(=O)N(C)CC(=O)N(c2nc3ccccc3s2)c2ccccc2C)cc1C. The predicted octanol–water partition coefficient (Wildman–Crippen LogP) is 5.21. The van der Waals surface area contributed by atoms with Crippen molar-refractivity contribution in [3.8, 4) is 0 Å². The van der Waals surface area contributed by atoms with E-state index in [4.69, 9.17) is 0 Å². The zero-order chi connectivity index (χ0) is 23.8. The molecular formula is C25H25N3O3S2. The maximum atomic E-state index is 13.6. The minimum Gasteiger partial charge on any atom is -0.272 e. The lowest BCUT2D eigenvalue weighted by Gasteiger charge is -2.25. The fourth-order valence-electron chi connectivity index (χ4n) is 3.51. The number of hydrogen-bond acceptors (Lipinski definition) is 5. The molecule has 1 amide bonds. The molecule has 0 aliphatic heterocycles. The molecule has 0 atom stereocenters. The number of rotatable bonds is 6. The van der Waals surface area contributed by atoms with Gasteiger partial charge in [0.1, 0.15) is 0 Å². The second-order valence-corrected chi connectivity index (χ2v) is 11.0. The minimum absolute atomic E-state index is 0.170. The van der Waals surface area contributed by atoms with E-state index in [2.05, 4.69) is 4.98 Å². The smallest absolute Gasteiger partial charge is 0.248 e. The van der Waals surface area contributed by atoms with Gasteiger partial charge in [0.15, 0.2) is 5.13 Å². The molecule has 33 heavy (non-hydrogen) atoms. The molecule has 1 heterocycles. The van der Waals surface area contributed by atoms with E-state index >= 15 is 0 Å². The van der Waals surface area contributed by atoms with Crippen LogP contribution in [0.3, 0.4) is 0 Å². The van der Waals surface area contributed by atoms with Crippen LogP contribution >= 0.6 is 11.3 Å². The number of aromatic nitrogens is 1. The Labute approximate surface area is 198 Å². The summed E-state index contributed by atoms with van der Waals surface area (Å²) in [6.45, 7) is 5.39. The van der Waals surface area contributed by atoms with Crippen LogP contribution in [0.5, 0.6) is 0 Å². The molecule has 0 saturated heterocycles. The highest BCUT2D eigenvalue weighted by molar-refractivity contribution is 7.89. The standard InChI is InChI=1S/C25H25N3O3S2/c1-17-13-14-20(15-19(17)3)33(30,31)27(4)16-24(29)28(22-11-7-5-9-18(22)2)25-26-21-10-6-8-12-23(21)32-25/h5-15H,16H2,1-4H3. The number of benzene rings is 3. The number of fused-ring (bicyclic) bond motifs is 1. The van der Waals surface area contributed by atoms with Gasteiger partial charge in [0.2, 0.25) is 15.9 Å². The fourth-order valence-corrected chi connectivity index (χ4v) is 5.72. The molecule has 0 radical (unpaired) electrons. The highest BCUT2D eigenvalue weighted by Gasteiger charge is 2.29. The highest BCUT2D eigenvalue weighted by Crippen LogP contribution is 2.35. The zero-order valence-electron chi connectivity index (χ0n) is 18.9. The van der Waals surface area contributed by atoms with Gasteiger partial charge in [-0.3, -0.25) is 9.69 Å². The number of thiazole rings is 1. The summed E-state index contributed by atoms with van der Waals surface area (Å²) in [6, 6.07) is 20.2. The monoisotopic (exact) mass is 479 g/mol. The summed E-state index contributed by atoms with van der Waals surface area (Å²) < 4.78 is 28.4. The Morgan fingerprint density at radius 3 is 2.30 bits per heavy atom. The maximum Gasteiger partial charge on any atom is 0.248 e. The Morgan fingerprint density at radius 1 is 0.909 bits per heavy atom. The molecule has 8 heteroatoms. The molecule has 0 bridgehead atoms. The van der Waals surface area contributed by atoms with E-state index in [1.54, 1.807) is 18.2 Å². The molecule has 170 valence electrons. The van der Waals surface area contributed by atoms with Gasteiger partial charge < -0.3 is 0 Å². The minimum atomic E-state index is -3.84. The summed E-state index contributed by atoms with van der Waals surface area (Å²) in [4.78, 5) is 19.9. The Bertz CT molecular complexity index is 1410. The van der Waals surface area contributed by atoms with Crippen LogP contribution in [0.15, 0.2) is 71.6 Å². The number of nitrogens with zero attached hydrogens (tertiary/aromatic N) is 3. The van der Waals surface area contributed by atoms with Gasteiger partial charge in [-0.1, -0.05) is 47.7 Å². The third kappa shape index (κ3) is 4.55. The Hall–Kier alpha value is -3.07. The summed E-state index contributed by atoms with van der Waals surface area (Å²) in [5.74, 6) is -0.377. The first-order chi connectivity index (χ1) is 15.7. The van der Waals surface area contributed by atoms with Gasteiger partial charge in [0.25, 0.3) is 0 Å². The number of aryl methyl sites for hydroxylation is 3. The number of sulfonamides is 1. The molecule has 0 saturated carbocycles. The number of carbonyl (C=O) groups is 1. The summed E-state index contributed by atoms with van der Waals surface area (Å²) in [7, 11) is -2.41. The lowest BCUT2D eigenvalue weighted by molar-refractivity contribution is -0.117. The summed E-state index contributed by atoms with van der Waals surface area (Å²) in [5.41, 5.74) is 4.25. The molecule has 4 aromatic rings. The Morgan fingerprint density at radius 2 is 1.61 bits per heavy atom. The molecule has 4 rings (SSSR count). The lowest BCUT2D eigenvalue weighted by atomic mass is 10.1. The molecule has 0 unspecified atom stereocenters. The van der Waals surface area contributed by atoms with Crippen molar-refractivity contribution in [3.05, 3.63) is 83.4 Å². The predicted molar refractivity (Wildman–Crippen MR) is 134 cm³/mol. The van der Waals surface area contributed by atoms with Crippen LogP contribution in [0.1, 0.15) is 16.7 Å². The van der Waals surface area contributed by atoms with Crippen LogP contribution in [0, 0.1) is 20.8 Å². The van der Waals surface area contributed by atoms with E-state index in [1.807, 2.05) is 69.3 Å². The van der Waals surface area contributed by atoms with Crippen LogP contribution in [-0.4, -0.2) is 37.2 Å². The molecule has 0 N–H and O–H groups in total. The molecule has 0 aliphatic rings. The number of amides is 1. The van der Waals surface area contributed by atoms with Crippen molar-refractivity contribution in [2.45, 2.75) is 25.7 Å². The third-order valence-electron chi connectivity index (χ3n) is 5.62. The van der Waals surface area contributed by atoms with Crippen LogP contribution in [0.4, 0.5) is 10.8 Å². The average Bonchev–Trinajstić information content (AvgIpc) is 3.20. The largest absolute Gasteiger partial charge is 0.272 e. The van der Waals surface area contributed by atoms with Gasteiger partial charge in [-0.2, -0.15) is 4.31 Å². The van der Waals surface area contributed by atoms with Gasteiger partial charge >= 0.3 is 0 Å². The second-order valence-electron chi connectivity index (χ2n) is 7.99. The van der Waals surface area contributed by atoms with Crippen LogP contribution in [0.2, 0.25) is 0 Å². The normalized spacial score (nSPS) is 11.8. The first-order valence-electron chi connectivity index (χ1n) is 10.5. The number of para-hydroxylation sites is 2.